The maximum atomic E-state index is 2.43. The standard InChI is InChI=1S/C17H34S/c1-15(2,3)11-13-12(16(4,5)6)10-14(18-13)17(7,8)9/h12-14H,10-11H2,1-9H3/t12-,13-,14-/m1/s1. The van der Waals surface area contributed by atoms with Crippen molar-refractivity contribution in [2.24, 2.45) is 22.2 Å². The molecule has 0 unspecified atom stereocenters. The molecule has 0 aromatic rings. The fourth-order valence-corrected chi connectivity index (χ4v) is 5.46. The van der Waals surface area contributed by atoms with Crippen molar-refractivity contribution in [2.75, 3.05) is 0 Å². The SMILES string of the molecule is CC(C)(C)C[C@H]1S[C@@H](C(C)(C)C)C[C@H]1C(C)(C)C. The van der Waals surface area contributed by atoms with Crippen molar-refractivity contribution in [1.82, 2.24) is 0 Å². The molecule has 0 aromatic carbocycles. The van der Waals surface area contributed by atoms with E-state index in [4.69, 9.17) is 0 Å². The van der Waals surface area contributed by atoms with E-state index >= 15 is 0 Å². The summed E-state index contributed by atoms with van der Waals surface area (Å²) >= 11 is 2.28. The summed E-state index contributed by atoms with van der Waals surface area (Å²) in [7, 11) is 0. The van der Waals surface area contributed by atoms with Crippen LogP contribution in [0.4, 0.5) is 0 Å². The largest absolute Gasteiger partial charge is 0.154 e. The highest BCUT2D eigenvalue weighted by Gasteiger charge is 2.45. The van der Waals surface area contributed by atoms with E-state index in [1.165, 1.54) is 12.8 Å². The number of thioether (sulfide) groups is 1. The molecule has 1 heterocycles. The number of rotatable bonds is 1. The first-order chi connectivity index (χ1) is 7.81. The zero-order chi connectivity index (χ0) is 14.4. The Morgan fingerprint density at radius 3 is 1.67 bits per heavy atom. The lowest BCUT2D eigenvalue weighted by Crippen LogP contribution is -2.30. The molecule has 18 heavy (non-hydrogen) atoms. The third-order valence-corrected chi connectivity index (χ3v) is 6.22. The van der Waals surface area contributed by atoms with Crippen LogP contribution < -0.4 is 0 Å². The van der Waals surface area contributed by atoms with Crippen molar-refractivity contribution in [2.45, 2.75) is 85.7 Å². The normalized spacial score (nSPS) is 30.8. The monoisotopic (exact) mass is 270 g/mol. The molecule has 1 aliphatic rings. The van der Waals surface area contributed by atoms with Crippen LogP contribution in [0.5, 0.6) is 0 Å². The van der Waals surface area contributed by atoms with Crippen LogP contribution in [-0.4, -0.2) is 10.5 Å². The zero-order valence-electron chi connectivity index (χ0n) is 14.1. The minimum atomic E-state index is 0.445. The summed E-state index contributed by atoms with van der Waals surface area (Å²) in [6.07, 6.45) is 2.75. The van der Waals surface area contributed by atoms with Gasteiger partial charge in [0.05, 0.1) is 0 Å². The Bertz CT molecular complexity index is 271. The Hall–Kier alpha value is 0.350. The lowest BCUT2D eigenvalue weighted by Gasteiger charge is -2.34. The van der Waals surface area contributed by atoms with Crippen molar-refractivity contribution in [3.05, 3.63) is 0 Å². The molecule has 108 valence electrons. The molecule has 3 atom stereocenters. The van der Waals surface area contributed by atoms with E-state index in [1.807, 2.05) is 0 Å². The molecule has 0 aliphatic carbocycles. The van der Waals surface area contributed by atoms with E-state index in [0.29, 0.717) is 16.2 Å². The van der Waals surface area contributed by atoms with Gasteiger partial charge in [-0.1, -0.05) is 62.3 Å². The summed E-state index contributed by atoms with van der Waals surface area (Å²) in [4.78, 5) is 0. The Morgan fingerprint density at radius 1 is 0.833 bits per heavy atom. The van der Waals surface area contributed by atoms with Crippen LogP contribution in [0.1, 0.15) is 75.2 Å². The van der Waals surface area contributed by atoms with Gasteiger partial charge in [-0.2, -0.15) is 11.8 Å². The van der Waals surface area contributed by atoms with Crippen molar-refractivity contribution >= 4 is 11.8 Å². The molecule has 0 N–H and O–H groups in total. The smallest absolute Gasteiger partial charge is 0.0102 e. The van der Waals surface area contributed by atoms with Crippen LogP contribution in [0.25, 0.3) is 0 Å². The zero-order valence-corrected chi connectivity index (χ0v) is 14.9. The fourth-order valence-electron chi connectivity index (χ4n) is 3.01. The minimum Gasteiger partial charge on any atom is -0.154 e. The van der Waals surface area contributed by atoms with Crippen molar-refractivity contribution in [1.29, 1.82) is 0 Å². The first-order valence-corrected chi connectivity index (χ1v) is 8.40. The topological polar surface area (TPSA) is 0 Å². The van der Waals surface area contributed by atoms with Crippen LogP contribution >= 0.6 is 11.8 Å². The Morgan fingerprint density at radius 2 is 1.33 bits per heavy atom. The molecule has 0 amide bonds. The first-order valence-electron chi connectivity index (χ1n) is 7.46. The fraction of sp³-hybridized carbons (Fsp3) is 1.00. The van der Waals surface area contributed by atoms with Gasteiger partial charge in [-0.05, 0) is 35.0 Å². The minimum absolute atomic E-state index is 0.445. The second-order valence-corrected chi connectivity index (χ2v) is 10.9. The van der Waals surface area contributed by atoms with Gasteiger partial charge in [0.15, 0.2) is 0 Å². The van der Waals surface area contributed by atoms with Gasteiger partial charge in [-0.15, -0.1) is 0 Å². The molecule has 1 fully saturated rings. The average Bonchev–Trinajstić information content (AvgIpc) is 2.42. The third-order valence-electron chi connectivity index (χ3n) is 4.15. The van der Waals surface area contributed by atoms with Gasteiger partial charge in [0, 0.05) is 10.5 Å². The van der Waals surface area contributed by atoms with Crippen molar-refractivity contribution in [3.8, 4) is 0 Å². The van der Waals surface area contributed by atoms with Crippen LogP contribution in [0.2, 0.25) is 0 Å². The highest BCUT2D eigenvalue weighted by Crippen LogP contribution is 2.54. The molecular weight excluding hydrogens is 236 g/mol. The van der Waals surface area contributed by atoms with Crippen LogP contribution in [0.15, 0.2) is 0 Å². The molecule has 0 bridgehead atoms. The molecule has 0 spiro atoms. The Balaban J connectivity index is 2.86. The quantitative estimate of drug-likeness (QED) is 0.562. The predicted molar refractivity (Wildman–Crippen MR) is 86.3 cm³/mol. The molecule has 1 saturated heterocycles. The summed E-state index contributed by atoms with van der Waals surface area (Å²) in [6.45, 7) is 21.7. The van der Waals surface area contributed by atoms with Gasteiger partial charge < -0.3 is 0 Å². The number of hydrogen-bond donors (Lipinski definition) is 0. The summed E-state index contributed by atoms with van der Waals surface area (Å²) in [5, 5.41) is 1.67. The van der Waals surface area contributed by atoms with Crippen molar-refractivity contribution in [3.63, 3.8) is 0 Å². The van der Waals surface area contributed by atoms with Gasteiger partial charge in [0.2, 0.25) is 0 Å². The van der Waals surface area contributed by atoms with Gasteiger partial charge in [-0.3, -0.25) is 0 Å². The van der Waals surface area contributed by atoms with E-state index in [0.717, 1.165) is 16.4 Å². The molecular formula is C17H34S. The second-order valence-electron chi connectivity index (χ2n) is 9.50. The number of hydrogen-bond acceptors (Lipinski definition) is 1. The lowest BCUT2D eigenvalue weighted by atomic mass is 9.71. The summed E-state index contributed by atoms with van der Waals surface area (Å²) < 4.78 is 0. The maximum absolute atomic E-state index is 2.43. The highest BCUT2D eigenvalue weighted by molar-refractivity contribution is 8.00. The van der Waals surface area contributed by atoms with Crippen LogP contribution in [0, 0.1) is 22.2 Å². The summed E-state index contributed by atoms with van der Waals surface area (Å²) in [5.41, 5.74) is 1.34. The van der Waals surface area contributed by atoms with E-state index in [1.54, 1.807) is 0 Å². The Kier molecular flexibility index (Phi) is 4.59. The third kappa shape index (κ3) is 4.47. The van der Waals surface area contributed by atoms with Crippen LogP contribution in [0.3, 0.4) is 0 Å². The lowest BCUT2D eigenvalue weighted by molar-refractivity contribution is 0.191. The second kappa shape index (κ2) is 5.04. The molecule has 1 heteroatoms. The van der Waals surface area contributed by atoms with Gasteiger partial charge in [0.25, 0.3) is 0 Å². The predicted octanol–water partition coefficient (Wildman–Crippen LogP) is 6.01. The Labute approximate surface area is 120 Å². The van der Waals surface area contributed by atoms with E-state index in [9.17, 15) is 0 Å². The van der Waals surface area contributed by atoms with Crippen molar-refractivity contribution < 1.29 is 0 Å². The maximum Gasteiger partial charge on any atom is 0.0102 e. The van der Waals surface area contributed by atoms with E-state index in [2.05, 4.69) is 74.1 Å². The van der Waals surface area contributed by atoms with Crippen LogP contribution in [-0.2, 0) is 0 Å². The van der Waals surface area contributed by atoms with Gasteiger partial charge in [-0.25, -0.2) is 0 Å². The first kappa shape index (κ1) is 16.4. The van der Waals surface area contributed by atoms with E-state index < -0.39 is 0 Å². The summed E-state index contributed by atoms with van der Waals surface area (Å²) in [6, 6.07) is 0. The molecule has 1 aliphatic heterocycles. The average molecular weight is 271 g/mol. The molecule has 1 rings (SSSR count). The summed E-state index contributed by atoms with van der Waals surface area (Å²) in [5.74, 6) is 0.867. The molecule has 0 radical (unpaired) electrons. The van der Waals surface area contributed by atoms with Gasteiger partial charge in [0.1, 0.15) is 0 Å². The highest BCUT2D eigenvalue weighted by atomic mass is 32.2. The molecule has 0 aromatic heterocycles. The van der Waals surface area contributed by atoms with Gasteiger partial charge >= 0.3 is 0 Å². The van der Waals surface area contributed by atoms with E-state index in [-0.39, 0.29) is 0 Å². The molecule has 0 nitrogen and oxygen atoms in total. The molecule has 0 saturated carbocycles.